The fourth-order valence-electron chi connectivity index (χ4n) is 9.95. The molecule has 8 unspecified atom stereocenters. The highest BCUT2D eigenvalue weighted by molar-refractivity contribution is 6.24. The second-order valence-electron chi connectivity index (χ2n) is 21.0. The Labute approximate surface area is 480 Å². The first-order chi connectivity index (χ1) is 38.7. The van der Waals surface area contributed by atoms with Crippen LogP contribution in [0.5, 0.6) is 0 Å². The van der Waals surface area contributed by atoms with Crippen LogP contribution < -0.4 is 22.1 Å². The van der Waals surface area contributed by atoms with Gasteiger partial charge in [0.1, 0.15) is 12.2 Å². The fourth-order valence-corrected chi connectivity index (χ4v) is 9.95. The average Bonchev–Trinajstić information content (AvgIpc) is 3.51. The Morgan fingerprint density at radius 3 is 1.41 bits per heavy atom. The van der Waals surface area contributed by atoms with Crippen molar-refractivity contribution in [3.8, 4) is 0 Å². The monoisotopic (exact) mass is 1140 g/mol. The van der Waals surface area contributed by atoms with Gasteiger partial charge in [-0.15, -0.1) is 6.58 Å². The highest BCUT2D eigenvalue weighted by Crippen LogP contribution is 2.33. The zero-order valence-electron chi connectivity index (χ0n) is 49.4. The second kappa shape index (κ2) is 33.1. The summed E-state index contributed by atoms with van der Waals surface area (Å²) in [5, 5.41) is 27.5. The van der Waals surface area contributed by atoms with Gasteiger partial charge in [0.05, 0.1) is 42.9 Å². The molecule has 2 heterocycles. The van der Waals surface area contributed by atoms with Crippen LogP contribution in [0.1, 0.15) is 93.9 Å². The Morgan fingerprint density at radius 2 is 1.04 bits per heavy atom. The number of fused-ring (bicyclic) bond motifs is 4. The van der Waals surface area contributed by atoms with Gasteiger partial charge in [-0.2, -0.15) is 0 Å². The van der Waals surface area contributed by atoms with Crippen LogP contribution in [-0.4, -0.2) is 142 Å². The van der Waals surface area contributed by atoms with E-state index in [1.165, 1.54) is 60.7 Å². The van der Waals surface area contributed by atoms with Gasteiger partial charge in [0.25, 0.3) is 11.8 Å². The molecule has 4 rings (SSSR count). The molecule has 8 N–H and O–H groups in total. The van der Waals surface area contributed by atoms with Crippen LogP contribution in [0.4, 0.5) is 9.59 Å². The van der Waals surface area contributed by atoms with Crippen molar-refractivity contribution in [3.63, 3.8) is 0 Å². The van der Waals surface area contributed by atoms with Crippen LogP contribution in [0.15, 0.2) is 130 Å². The van der Waals surface area contributed by atoms with E-state index in [9.17, 15) is 48.6 Å². The summed E-state index contributed by atoms with van der Waals surface area (Å²) in [4.78, 5) is 102. The minimum absolute atomic E-state index is 0.0801. The van der Waals surface area contributed by atoms with E-state index in [4.69, 9.17) is 44.6 Å². The molecule has 4 bridgehead atoms. The lowest BCUT2D eigenvalue weighted by Crippen LogP contribution is -2.37. The third-order valence-electron chi connectivity index (χ3n) is 14.5. The van der Waals surface area contributed by atoms with E-state index < -0.39 is 102 Å². The number of hydrogen-bond acceptors (Lipinski definition) is 17. The number of rotatable bonds is 10. The summed E-state index contributed by atoms with van der Waals surface area (Å²) in [6, 6.07) is 0. The Balaban J connectivity index is 0.000000431. The number of carbonyl (C=O) groups is 8. The molecule has 450 valence electrons. The molecular formula is C61H84N4O17. The predicted molar refractivity (Wildman–Crippen MR) is 306 cm³/mol. The molecule has 0 radical (unpaired) electrons. The highest BCUT2D eigenvalue weighted by Gasteiger charge is 2.36. The number of amides is 4. The second-order valence-corrected chi connectivity index (χ2v) is 21.0. The Bertz CT molecular complexity index is 2720. The van der Waals surface area contributed by atoms with Gasteiger partial charge in [-0.3, -0.25) is 28.8 Å². The number of methoxy groups -OCH3 is 5. The summed E-state index contributed by atoms with van der Waals surface area (Å²) in [5.41, 5.74) is 13.0. The normalized spacial score (nSPS) is 32.2. The Morgan fingerprint density at radius 1 is 0.634 bits per heavy atom. The molecule has 21 heteroatoms. The number of aliphatic hydroxyl groups excluding tert-OH is 2. The topological polar surface area (TPSA) is 318 Å². The van der Waals surface area contributed by atoms with E-state index >= 15 is 0 Å². The van der Waals surface area contributed by atoms with Crippen molar-refractivity contribution in [1.82, 2.24) is 10.6 Å². The van der Waals surface area contributed by atoms with Gasteiger partial charge in [-0.25, -0.2) is 9.59 Å². The molecule has 21 nitrogen and oxygen atoms in total. The summed E-state index contributed by atoms with van der Waals surface area (Å²) in [7, 11) is 7.15. The third-order valence-corrected chi connectivity index (χ3v) is 14.5. The predicted octanol–water partition coefficient (Wildman–Crippen LogP) is 6.18. The Hall–Kier alpha value is -7.14. The first kappa shape index (κ1) is 69.1. The zero-order valence-corrected chi connectivity index (χ0v) is 49.4. The maximum absolute atomic E-state index is 13.6. The zero-order chi connectivity index (χ0) is 61.7. The molecule has 0 saturated heterocycles. The van der Waals surface area contributed by atoms with Crippen LogP contribution >= 0.6 is 0 Å². The molecule has 4 aliphatic rings. The van der Waals surface area contributed by atoms with Crippen molar-refractivity contribution < 1.29 is 81.7 Å². The summed E-state index contributed by atoms with van der Waals surface area (Å²) in [5.74, 6) is -4.28. The van der Waals surface area contributed by atoms with E-state index in [1.54, 1.807) is 70.2 Å². The molecule has 0 aromatic carbocycles. The number of aliphatic hydroxyl groups is 2. The number of nitrogens with two attached hydrogens (primary N) is 2. The van der Waals surface area contributed by atoms with Crippen molar-refractivity contribution in [2.24, 2.45) is 35.1 Å². The first-order valence-electron chi connectivity index (χ1n) is 27.0. The molecule has 82 heavy (non-hydrogen) atoms. The minimum atomic E-state index is -1.00. The van der Waals surface area contributed by atoms with Gasteiger partial charge in [0.15, 0.2) is 23.8 Å². The lowest BCUT2D eigenvalue weighted by Gasteiger charge is -2.30. The first-order valence-corrected chi connectivity index (χ1v) is 27.0. The maximum Gasteiger partial charge on any atom is 0.405 e. The molecule has 2 aliphatic carbocycles. The molecular weight excluding hydrogens is 1060 g/mol. The van der Waals surface area contributed by atoms with Crippen LogP contribution in [0, 0.1) is 23.7 Å². The number of allylic oxidation sites excluding steroid dienone is 10. The maximum atomic E-state index is 13.6. The summed E-state index contributed by atoms with van der Waals surface area (Å²) in [6.45, 7) is 17.7. The van der Waals surface area contributed by atoms with Crippen LogP contribution in [-0.2, 0) is 61.9 Å². The summed E-state index contributed by atoms with van der Waals surface area (Å²) >= 11 is 0. The minimum Gasteiger partial charge on any atom is -0.492 e. The SMILES string of the molecule is C=CCCC1=C2C[C@@H](C)CC(OC)[C@H](O)[C@@H](C)/C=C(\C)C(OC(N)=O)C(OC)/C=C\C=C(/C)C(=O)NC(=CC1=O)C2=O.COC1=C2CC(C)CC(OC)[C@H](O)C(C)/C=C(\C)C(OC(N)=O)C(OC)/C=C\C=C(/C)C(=O)NC(=CC1=O)C2=O. The average molecular weight is 1150 g/mol. The molecule has 0 saturated carbocycles. The lowest BCUT2D eigenvalue weighted by molar-refractivity contribution is -0.121. The van der Waals surface area contributed by atoms with Gasteiger partial charge >= 0.3 is 12.2 Å². The number of ketones is 4. The van der Waals surface area contributed by atoms with E-state index in [0.717, 1.165) is 6.08 Å². The van der Waals surface area contributed by atoms with Crippen molar-refractivity contribution in [1.29, 1.82) is 0 Å². The van der Waals surface area contributed by atoms with Gasteiger partial charge in [-0.1, -0.05) is 82.4 Å². The largest absolute Gasteiger partial charge is 0.492 e. The smallest absolute Gasteiger partial charge is 0.405 e. The van der Waals surface area contributed by atoms with Crippen molar-refractivity contribution >= 4 is 47.1 Å². The molecule has 0 aromatic heterocycles. The van der Waals surface area contributed by atoms with Crippen molar-refractivity contribution in [2.75, 3.05) is 35.5 Å². The number of hydrogen-bond donors (Lipinski definition) is 6. The van der Waals surface area contributed by atoms with E-state index in [0.29, 0.717) is 48.0 Å². The Kier molecular flexibility index (Phi) is 27.9. The number of primary amides is 2. The standard InChI is InChI=1S/C32H44N2O8.C29H40N2O9/c1-8-9-12-22-23-14-18(2)15-27(41-7)28(36)20(4)16-21(5)30(42-32(33)39)26(40-6)13-10-11-19(3)31(38)34-24(29(23)37)17-25(22)35;1-15-11-19-25(34)20(14-21(32)27(19)39-7)31-28(35)16(2)9-8-10-22(37-5)26(40-29(30)36)18(4)13-17(3)24(33)23(12-15)38-6/h8,10-11,13,16-18,20,26-28,30,36H,1,9,12,14-15H2,2-7H3,(H2,33,39)(H,34,38);8-10,13-15,17,22-24,26,33H,11-12H2,1-7H3,(H2,30,36)(H,31,35)/b13-10-,19-11+,21-16+;10-8-,16-9+,18-13+/t18-,20+,26?,27?,28-,30?;15?,17?,22?,23?,24-,26?/m11/s1. The lowest BCUT2D eigenvalue weighted by atomic mass is 9.82. The molecule has 2 aliphatic heterocycles. The highest BCUT2D eigenvalue weighted by atomic mass is 16.6. The summed E-state index contributed by atoms with van der Waals surface area (Å²) in [6.07, 6.45) is 10.2. The molecule has 4 amide bonds. The molecule has 0 aromatic rings. The van der Waals surface area contributed by atoms with E-state index in [1.807, 2.05) is 20.8 Å². The molecule has 0 spiro atoms. The van der Waals surface area contributed by atoms with Crippen LogP contribution in [0.2, 0.25) is 0 Å². The van der Waals surface area contributed by atoms with Crippen LogP contribution in [0.3, 0.4) is 0 Å². The number of Topliss-reactive ketones (excluding diaryl/α,β-unsaturated/α-hetero) is 2. The summed E-state index contributed by atoms with van der Waals surface area (Å²) < 4.78 is 38.3. The molecule has 0 fully saturated rings. The third kappa shape index (κ3) is 19.5. The van der Waals surface area contributed by atoms with E-state index in [2.05, 4.69) is 17.2 Å². The molecule has 12 atom stereocenters. The number of nitrogens with one attached hydrogen (secondary N) is 2. The van der Waals surface area contributed by atoms with Crippen molar-refractivity contribution in [2.45, 2.75) is 143 Å². The number of ether oxygens (including phenoxy) is 7. The quantitative estimate of drug-likeness (QED) is 0.105. The van der Waals surface area contributed by atoms with Crippen molar-refractivity contribution in [3.05, 3.63) is 130 Å². The van der Waals surface area contributed by atoms with E-state index in [-0.39, 0.29) is 64.3 Å². The fraction of sp³-hybridized carbons (Fsp3) is 0.508. The van der Waals surface area contributed by atoms with Gasteiger partial charge in [0.2, 0.25) is 17.3 Å². The van der Waals surface area contributed by atoms with Gasteiger partial charge in [0, 0.05) is 80.3 Å². The van der Waals surface area contributed by atoms with Gasteiger partial charge in [-0.05, 0) is 89.2 Å². The van der Waals surface area contributed by atoms with Gasteiger partial charge < -0.3 is 65.5 Å². The van der Waals surface area contributed by atoms with Crippen LogP contribution in [0.25, 0.3) is 0 Å². The number of carbonyl (C=O) groups excluding carboxylic acids is 8.